The fourth-order valence-corrected chi connectivity index (χ4v) is 0.119. The Hall–Kier alpha value is -0.110. The smallest absolute Gasteiger partial charge is 0.159 e. The van der Waals surface area contributed by atoms with Crippen LogP contribution in [0.5, 0.6) is 0 Å². The normalized spacial score (nSPS) is 30.0. The fraction of sp³-hybridized carbons (Fsp3) is 1.00. The molecule has 0 aliphatic heterocycles. The first-order valence-electron chi connectivity index (χ1n) is 1.68. The Morgan fingerprint density at radius 3 is 1.80 bits per heavy atom. The van der Waals surface area contributed by atoms with Crippen LogP contribution in [0.3, 0.4) is 0 Å². The zero-order chi connectivity index (χ0) is 3.91. The second-order valence-corrected chi connectivity index (χ2v) is 1.53. The molecule has 0 radical (unpaired) electrons. The highest BCUT2D eigenvalue weighted by atomic mass is 19.1. The van der Waals surface area contributed by atoms with Crippen LogP contribution in [-0.2, 0) is 0 Å². The molecule has 1 rings (SSSR count). The minimum atomic E-state index is -1.25. The molecule has 1 nitrogen and oxygen atoms in total. The molecule has 0 aromatic carbocycles. The van der Waals surface area contributed by atoms with E-state index in [1.165, 1.54) is 0 Å². The topological polar surface area (TPSA) is 26.0 Å². The van der Waals surface area contributed by atoms with E-state index in [2.05, 4.69) is 0 Å². The quantitative estimate of drug-likeness (QED) is 0.414. The Labute approximate surface area is 30.0 Å². The van der Waals surface area contributed by atoms with Crippen LogP contribution in [0.1, 0.15) is 12.8 Å². The molecule has 0 atom stereocenters. The van der Waals surface area contributed by atoms with Crippen molar-refractivity contribution in [1.82, 2.24) is 0 Å². The van der Waals surface area contributed by atoms with Crippen LogP contribution in [-0.4, -0.2) is 5.79 Å². The van der Waals surface area contributed by atoms with Gasteiger partial charge in [0, 0.05) is 0 Å². The van der Waals surface area contributed by atoms with Gasteiger partial charge < -0.3 is 0 Å². The average molecular weight is 75.1 g/mol. The Kier molecular flexibility index (Phi) is 0.323. The molecule has 1 fully saturated rings. The molecule has 1 saturated carbocycles. The van der Waals surface area contributed by atoms with Crippen LogP contribution < -0.4 is 5.73 Å². The lowest BCUT2D eigenvalue weighted by Gasteiger charge is -1.83. The van der Waals surface area contributed by atoms with Crippen molar-refractivity contribution in [2.45, 2.75) is 18.6 Å². The van der Waals surface area contributed by atoms with Crippen molar-refractivity contribution in [3.63, 3.8) is 0 Å². The molecule has 0 saturated heterocycles. The van der Waals surface area contributed by atoms with Gasteiger partial charge in [-0.1, -0.05) is 0 Å². The zero-order valence-electron chi connectivity index (χ0n) is 2.87. The third kappa shape index (κ3) is 0.581. The summed E-state index contributed by atoms with van der Waals surface area (Å²) in [5.41, 5.74) is 4.80. The van der Waals surface area contributed by atoms with Crippen molar-refractivity contribution in [3.05, 3.63) is 0 Å². The third-order valence-corrected chi connectivity index (χ3v) is 0.728. The van der Waals surface area contributed by atoms with Gasteiger partial charge in [-0.25, -0.2) is 4.39 Å². The van der Waals surface area contributed by atoms with Crippen LogP contribution >= 0.6 is 0 Å². The largest absolute Gasteiger partial charge is 0.299 e. The minimum Gasteiger partial charge on any atom is -0.299 e. The molecule has 30 valence electrons. The number of nitrogens with two attached hydrogens (primary N) is 1. The summed E-state index contributed by atoms with van der Waals surface area (Å²) < 4.78 is 11.6. The van der Waals surface area contributed by atoms with Gasteiger partial charge in [0.25, 0.3) is 0 Å². The summed E-state index contributed by atoms with van der Waals surface area (Å²) in [4.78, 5) is 0. The monoisotopic (exact) mass is 75.0 g/mol. The molecule has 0 bridgehead atoms. The van der Waals surface area contributed by atoms with Crippen LogP contribution in [0.4, 0.5) is 4.39 Å². The van der Waals surface area contributed by atoms with Gasteiger partial charge >= 0.3 is 0 Å². The van der Waals surface area contributed by atoms with Crippen LogP contribution in [0, 0.1) is 0 Å². The summed E-state index contributed by atoms with van der Waals surface area (Å²) in [6.45, 7) is 0. The Balaban J connectivity index is 2.38. The summed E-state index contributed by atoms with van der Waals surface area (Å²) in [5.74, 6) is -1.25. The third-order valence-electron chi connectivity index (χ3n) is 0.728. The molecule has 1 aliphatic carbocycles. The van der Waals surface area contributed by atoms with Crippen molar-refractivity contribution >= 4 is 0 Å². The van der Waals surface area contributed by atoms with Gasteiger partial charge in [0.05, 0.1) is 0 Å². The lowest BCUT2D eigenvalue weighted by molar-refractivity contribution is 0.321. The number of hydrogen-bond acceptors (Lipinski definition) is 1. The second-order valence-electron chi connectivity index (χ2n) is 1.53. The van der Waals surface area contributed by atoms with E-state index in [1.807, 2.05) is 0 Å². The molecule has 0 unspecified atom stereocenters. The van der Waals surface area contributed by atoms with E-state index >= 15 is 0 Å². The van der Waals surface area contributed by atoms with E-state index in [-0.39, 0.29) is 0 Å². The molecule has 0 heterocycles. The average Bonchev–Trinajstić information content (AvgIpc) is 1.76. The molecule has 0 aromatic heterocycles. The number of alkyl halides is 1. The maximum Gasteiger partial charge on any atom is 0.159 e. The second kappa shape index (κ2) is 0.522. The van der Waals surface area contributed by atoms with E-state index in [4.69, 9.17) is 5.73 Å². The minimum absolute atomic E-state index is 0.562. The maximum atomic E-state index is 11.6. The predicted octanol–water partition coefficient (Wildman–Crippen LogP) is 0.405. The highest BCUT2D eigenvalue weighted by Gasteiger charge is 2.37. The summed E-state index contributed by atoms with van der Waals surface area (Å²) in [7, 11) is 0. The molecular weight excluding hydrogens is 69.0 g/mol. The van der Waals surface area contributed by atoms with Gasteiger partial charge in [-0.05, 0) is 12.8 Å². The number of hydrogen-bond donors (Lipinski definition) is 1. The van der Waals surface area contributed by atoms with E-state index in [9.17, 15) is 4.39 Å². The maximum absolute atomic E-state index is 11.6. The van der Waals surface area contributed by atoms with Gasteiger partial charge in [-0.2, -0.15) is 0 Å². The standard InChI is InChI=1S/C3H6FN/c4-3(5)1-2-3/h1-2,5H2. The first kappa shape index (κ1) is 3.09. The number of rotatable bonds is 0. The summed E-state index contributed by atoms with van der Waals surface area (Å²) in [5, 5.41) is 0. The van der Waals surface area contributed by atoms with Crippen molar-refractivity contribution in [2.24, 2.45) is 5.73 Å². The molecule has 0 aromatic rings. The molecule has 0 amide bonds. The Morgan fingerprint density at radius 1 is 1.60 bits per heavy atom. The molecular formula is C3H6FN. The predicted molar refractivity (Wildman–Crippen MR) is 17.3 cm³/mol. The van der Waals surface area contributed by atoms with Crippen molar-refractivity contribution < 1.29 is 4.39 Å². The lowest BCUT2D eigenvalue weighted by atomic mass is 10.7. The van der Waals surface area contributed by atoms with Gasteiger partial charge in [-0.15, -0.1) is 0 Å². The summed E-state index contributed by atoms with van der Waals surface area (Å²) >= 11 is 0. The fourth-order valence-electron chi connectivity index (χ4n) is 0.119. The van der Waals surface area contributed by atoms with Gasteiger partial charge in [-0.3, -0.25) is 5.73 Å². The number of halogens is 1. The van der Waals surface area contributed by atoms with E-state index < -0.39 is 5.79 Å². The molecule has 2 N–H and O–H groups in total. The van der Waals surface area contributed by atoms with Crippen molar-refractivity contribution in [3.8, 4) is 0 Å². The van der Waals surface area contributed by atoms with Crippen LogP contribution in [0.2, 0.25) is 0 Å². The van der Waals surface area contributed by atoms with Gasteiger partial charge in [0.2, 0.25) is 0 Å². The van der Waals surface area contributed by atoms with E-state index in [0.717, 1.165) is 0 Å². The molecule has 5 heavy (non-hydrogen) atoms. The highest BCUT2D eigenvalue weighted by Crippen LogP contribution is 2.32. The summed E-state index contributed by atoms with van der Waals surface area (Å²) in [6, 6.07) is 0. The SMILES string of the molecule is NC1(F)CC1. The lowest BCUT2D eigenvalue weighted by Crippen LogP contribution is -2.12. The molecule has 0 spiro atoms. The summed E-state index contributed by atoms with van der Waals surface area (Å²) in [6.07, 6.45) is 1.12. The van der Waals surface area contributed by atoms with Crippen LogP contribution in [0.15, 0.2) is 0 Å². The molecule has 1 aliphatic rings. The molecule has 2 heteroatoms. The zero-order valence-corrected chi connectivity index (χ0v) is 2.87. The Bertz CT molecular complexity index is 44.9. The first-order valence-corrected chi connectivity index (χ1v) is 1.68. The highest BCUT2D eigenvalue weighted by molar-refractivity contribution is 4.86. The van der Waals surface area contributed by atoms with E-state index in [1.54, 1.807) is 0 Å². The van der Waals surface area contributed by atoms with E-state index in [0.29, 0.717) is 12.8 Å². The first-order chi connectivity index (χ1) is 2.21. The van der Waals surface area contributed by atoms with Crippen LogP contribution in [0.25, 0.3) is 0 Å². The van der Waals surface area contributed by atoms with Crippen molar-refractivity contribution in [2.75, 3.05) is 0 Å². The van der Waals surface area contributed by atoms with Gasteiger partial charge in [0.15, 0.2) is 5.79 Å². The van der Waals surface area contributed by atoms with Crippen molar-refractivity contribution in [1.29, 1.82) is 0 Å². The van der Waals surface area contributed by atoms with Gasteiger partial charge in [0.1, 0.15) is 0 Å². The Morgan fingerprint density at radius 2 is 1.80 bits per heavy atom.